The number of aryl methyl sites for hydroxylation is 3. The van der Waals surface area contributed by atoms with E-state index in [1.165, 1.54) is 0 Å². The zero-order chi connectivity index (χ0) is 9.10. The van der Waals surface area contributed by atoms with Gasteiger partial charge in [-0.15, -0.1) is 5.10 Å². The van der Waals surface area contributed by atoms with Gasteiger partial charge >= 0.3 is 0 Å². The summed E-state index contributed by atoms with van der Waals surface area (Å²) in [5, 5.41) is 16.8. The number of nitrogens with zero attached hydrogens (tertiary/aromatic N) is 3. The average Bonchev–Trinajstić information content (AvgIpc) is 2.61. The van der Waals surface area contributed by atoms with Crippen LogP contribution >= 0.6 is 0 Å². The fraction of sp³-hybridized carbons (Fsp3) is 0.667. The molecule has 4 nitrogen and oxygen atoms in total. The van der Waals surface area contributed by atoms with Crippen molar-refractivity contribution in [1.29, 1.82) is 0 Å². The molecule has 70 valence electrons. The number of hydrogen-bond donors (Lipinski definition) is 1. The SMILES string of the molecule is OCCCc1nnc2c(n1)CCC2. The molecule has 2 rings (SSSR count). The lowest BCUT2D eigenvalue weighted by molar-refractivity contribution is 0.287. The Hall–Kier alpha value is -1.03. The van der Waals surface area contributed by atoms with Gasteiger partial charge in [-0.3, -0.25) is 0 Å². The van der Waals surface area contributed by atoms with Crippen LogP contribution in [0.2, 0.25) is 0 Å². The van der Waals surface area contributed by atoms with Gasteiger partial charge in [-0.25, -0.2) is 4.98 Å². The van der Waals surface area contributed by atoms with Crippen LogP contribution in [0.15, 0.2) is 0 Å². The summed E-state index contributed by atoms with van der Waals surface area (Å²) in [6.07, 6.45) is 4.67. The molecule has 0 spiro atoms. The van der Waals surface area contributed by atoms with Crippen LogP contribution in [-0.2, 0) is 19.3 Å². The monoisotopic (exact) mass is 179 g/mol. The first kappa shape index (κ1) is 8.56. The Morgan fingerprint density at radius 2 is 2.00 bits per heavy atom. The molecule has 1 aromatic heterocycles. The molecule has 0 atom stereocenters. The van der Waals surface area contributed by atoms with Crippen LogP contribution in [0.1, 0.15) is 30.1 Å². The Balaban J connectivity index is 2.12. The summed E-state index contributed by atoms with van der Waals surface area (Å²) in [6.45, 7) is 0.195. The van der Waals surface area contributed by atoms with Crippen LogP contribution in [0.4, 0.5) is 0 Å². The Bertz CT molecular complexity index is 301. The van der Waals surface area contributed by atoms with Gasteiger partial charge in [-0.05, 0) is 25.7 Å². The van der Waals surface area contributed by atoms with Crippen molar-refractivity contribution in [2.45, 2.75) is 32.1 Å². The van der Waals surface area contributed by atoms with Crippen molar-refractivity contribution in [1.82, 2.24) is 15.2 Å². The predicted octanol–water partition coefficient (Wildman–Crippen LogP) is 0.285. The molecule has 0 amide bonds. The number of rotatable bonds is 3. The van der Waals surface area contributed by atoms with Gasteiger partial charge in [0.2, 0.25) is 0 Å². The van der Waals surface area contributed by atoms with E-state index < -0.39 is 0 Å². The molecule has 0 saturated carbocycles. The summed E-state index contributed by atoms with van der Waals surface area (Å²) in [5.74, 6) is 0.773. The van der Waals surface area contributed by atoms with Crippen molar-refractivity contribution in [2.75, 3.05) is 6.61 Å². The van der Waals surface area contributed by atoms with Crippen molar-refractivity contribution >= 4 is 0 Å². The van der Waals surface area contributed by atoms with Crippen molar-refractivity contribution in [3.63, 3.8) is 0 Å². The zero-order valence-corrected chi connectivity index (χ0v) is 7.53. The average molecular weight is 179 g/mol. The third kappa shape index (κ3) is 1.83. The van der Waals surface area contributed by atoms with E-state index in [2.05, 4.69) is 15.2 Å². The minimum atomic E-state index is 0.195. The predicted molar refractivity (Wildman–Crippen MR) is 47.3 cm³/mol. The molecule has 1 aromatic rings. The number of aliphatic hydroxyl groups excluding tert-OH is 1. The summed E-state index contributed by atoms with van der Waals surface area (Å²) in [5.41, 5.74) is 2.18. The normalized spacial score (nSPS) is 14.5. The fourth-order valence-electron chi connectivity index (χ4n) is 1.58. The van der Waals surface area contributed by atoms with E-state index in [9.17, 15) is 0 Å². The minimum absolute atomic E-state index is 0.195. The fourth-order valence-corrected chi connectivity index (χ4v) is 1.58. The summed E-state index contributed by atoms with van der Waals surface area (Å²) < 4.78 is 0. The molecule has 0 aliphatic heterocycles. The summed E-state index contributed by atoms with van der Waals surface area (Å²) in [7, 11) is 0. The molecule has 1 N–H and O–H groups in total. The Kier molecular flexibility index (Phi) is 2.49. The van der Waals surface area contributed by atoms with Crippen LogP contribution < -0.4 is 0 Å². The number of aromatic nitrogens is 3. The highest BCUT2D eigenvalue weighted by Gasteiger charge is 2.14. The van der Waals surface area contributed by atoms with E-state index in [1.54, 1.807) is 0 Å². The Morgan fingerprint density at radius 3 is 2.85 bits per heavy atom. The third-order valence-electron chi connectivity index (χ3n) is 2.27. The lowest BCUT2D eigenvalue weighted by Crippen LogP contribution is -2.04. The van der Waals surface area contributed by atoms with Gasteiger partial charge in [0.25, 0.3) is 0 Å². The van der Waals surface area contributed by atoms with Gasteiger partial charge in [-0.1, -0.05) is 0 Å². The Labute approximate surface area is 77.0 Å². The molecule has 0 saturated heterocycles. The molecular weight excluding hydrogens is 166 g/mol. The molecule has 0 unspecified atom stereocenters. The standard InChI is InChI=1S/C9H13N3O/c13-6-2-5-9-10-7-3-1-4-8(7)11-12-9/h13H,1-6H2. The number of aliphatic hydroxyl groups is 1. The van der Waals surface area contributed by atoms with E-state index in [1.807, 2.05) is 0 Å². The highest BCUT2D eigenvalue weighted by molar-refractivity contribution is 5.15. The van der Waals surface area contributed by atoms with Crippen molar-refractivity contribution in [2.24, 2.45) is 0 Å². The number of hydrogen-bond acceptors (Lipinski definition) is 4. The van der Waals surface area contributed by atoms with Gasteiger partial charge in [0.05, 0.1) is 11.4 Å². The van der Waals surface area contributed by atoms with Gasteiger partial charge < -0.3 is 5.11 Å². The molecule has 0 fully saturated rings. The van der Waals surface area contributed by atoms with E-state index >= 15 is 0 Å². The van der Waals surface area contributed by atoms with Crippen LogP contribution in [0.5, 0.6) is 0 Å². The lowest BCUT2D eigenvalue weighted by Gasteiger charge is -1.99. The van der Waals surface area contributed by atoms with Crippen molar-refractivity contribution < 1.29 is 5.11 Å². The summed E-state index contributed by atoms with van der Waals surface area (Å²) in [4.78, 5) is 4.41. The molecule has 1 aliphatic rings. The maximum absolute atomic E-state index is 8.65. The minimum Gasteiger partial charge on any atom is -0.396 e. The molecule has 0 bridgehead atoms. The maximum Gasteiger partial charge on any atom is 0.151 e. The van der Waals surface area contributed by atoms with E-state index in [4.69, 9.17) is 5.11 Å². The molecule has 4 heteroatoms. The quantitative estimate of drug-likeness (QED) is 0.724. The van der Waals surface area contributed by atoms with Gasteiger partial charge in [0.15, 0.2) is 5.82 Å². The molecule has 1 aliphatic carbocycles. The van der Waals surface area contributed by atoms with Crippen molar-refractivity contribution in [3.05, 3.63) is 17.2 Å². The third-order valence-corrected chi connectivity index (χ3v) is 2.27. The first-order valence-corrected chi connectivity index (χ1v) is 4.72. The van der Waals surface area contributed by atoms with Crippen LogP contribution in [0, 0.1) is 0 Å². The van der Waals surface area contributed by atoms with E-state index in [0.717, 1.165) is 49.3 Å². The highest BCUT2D eigenvalue weighted by atomic mass is 16.2. The second kappa shape index (κ2) is 3.79. The summed E-state index contributed by atoms with van der Waals surface area (Å²) in [6, 6.07) is 0. The first-order valence-electron chi connectivity index (χ1n) is 4.72. The molecule has 0 radical (unpaired) electrons. The molecule has 1 heterocycles. The molecule has 13 heavy (non-hydrogen) atoms. The largest absolute Gasteiger partial charge is 0.396 e. The van der Waals surface area contributed by atoms with Crippen LogP contribution in [-0.4, -0.2) is 26.9 Å². The molecular formula is C9H13N3O. The molecule has 0 aromatic carbocycles. The lowest BCUT2D eigenvalue weighted by atomic mass is 10.3. The number of fused-ring (bicyclic) bond motifs is 1. The van der Waals surface area contributed by atoms with Gasteiger partial charge in [-0.2, -0.15) is 5.10 Å². The zero-order valence-electron chi connectivity index (χ0n) is 7.53. The van der Waals surface area contributed by atoms with E-state index in [-0.39, 0.29) is 6.61 Å². The topological polar surface area (TPSA) is 58.9 Å². The van der Waals surface area contributed by atoms with Crippen LogP contribution in [0.3, 0.4) is 0 Å². The highest BCUT2D eigenvalue weighted by Crippen LogP contribution is 2.16. The second-order valence-corrected chi connectivity index (χ2v) is 3.30. The second-order valence-electron chi connectivity index (χ2n) is 3.30. The van der Waals surface area contributed by atoms with Gasteiger partial charge in [0.1, 0.15) is 0 Å². The van der Waals surface area contributed by atoms with E-state index in [0.29, 0.717) is 0 Å². The van der Waals surface area contributed by atoms with Crippen LogP contribution in [0.25, 0.3) is 0 Å². The summed E-state index contributed by atoms with van der Waals surface area (Å²) >= 11 is 0. The van der Waals surface area contributed by atoms with Crippen molar-refractivity contribution in [3.8, 4) is 0 Å². The Morgan fingerprint density at radius 1 is 1.15 bits per heavy atom. The smallest absolute Gasteiger partial charge is 0.151 e. The van der Waals surface area contributed by atoms with Gasteiger partial charge in [0, 0.05) is 13.0 Å². The first-order chi connectivity index (χ1) is 6.40. The maximum atomic E-state index is 8.65.